The molecule has 4 aromatic rings. The summed E-state index contributed by atoms with van der Waals surface area (Å²) in [5.41, 5.74) is 12.0. The maximum Gasteiger partial charge on any atom is 0.257 e. The zero-order valence-corrected chi connectivity index (χ0v) is 18.0. The summed E-state index contributed by atoms with van der Waals surface area (Å²) in [4.78, 5) is 17.7. The zero-order valence-electron chi connectivity index (χ0n) is 18.0. The summed E-state index contributed by atoms with van der Waals surface area (Å²) in [7, 11) is 1.71. The quantitative estimate of drug-likeness (QED) is 0.405. The monoisotopic (exact) mass is 426 g/mol. The van der Waals surface area contributed by atoms with Crippen LogP contribution in [0.25, 0.3) is 22.2 Å². The van der Waals surface area contributed by atoms with Gasteiger partial charge in [0, 0.05) is 30.9 Å². The van der Waals surface area contributed by atoms with Crippen LogP contribution >= 0.6 is 0 Å². The highest BCUT2D eigenvalue weighted by Gasteiger charge is 2.28. The highest BCUT2D eigenvalue weighted by Crippen LogP contribution is 2.42. The van der Waals surface area contributed by atoms with Gasteiger partial charge >= 0.3 is 0 Å². The second-order valence-corrected chi connectivity index (χ2v) is 8.25. The number of rotatable bonds is 7. The van der Waals surface area contributed by atoms with E-state index in [9.17, 15) is 4.79 Å². The molecule has 32 heavy (non-hydrogen) atoms. The Labute approximate surface area is 187 Å². The maximum atomic E-state index is 13.0. The molecule has 0 saturated heterocycles. The van der Waals surface area contributed by atoms with Crippen molar-refractivity contribution in [3.05, 3.63) is 78.1 Å². The second-order valence-electron chi connectivity index (χ2n) is 8.25. The molecule has 162 valence electrons. The van der Waals surface area contributed by atoms with Crippen molar-refractivity contribution in [2.24, 2.45) is 0 Å². The highest BCUT2D eigenvalue weighted by molar-refractivity contribution is 6.07. The minimum Gasteiger partial charge on any atom is -0.397 e. The van der Waals surface area contributed by atoms with E-state index in [-0.39, 0.29) is 5.91 Å². The van der Waals surface area contributed by atoms with E-state index in [0.717, 1.165) is 28.7 Å². The lowest BCUT2D eigenvalue weighted by Gasteiger charge is -2.11. The van der Waals surface area contributed by atoms with Crippen molar-refractivity contribution < 1.29 is 9.53 Å². The van der Waals surface area contributed by atoms with E-state index in [1.165, 1.54) is 18.5 Å². The van der Waals surface area contributed by atoms with Crippen LogP contribution in [0.15, 0.2) is 66.9 Å². The van der Waals surface area contributed by atoms with Gasteiger partial charge < -0.3 is 20.4 Å². The largest absolute Gasteiger partial charge is 0.397 e. The SMILES string of the molecule is COCCn1c(C2CC2)cc2cc(C(=O)Nc3cc(-c4ccccc4)ccc3N)cnc21. The van der Waals surface area contributed by atoms with Gasteiger partial charge in [0.2, 0.25) is 0 Å². The molecular weight excluding hydrogens is 400 g/mol. The Kier molecular flexibility index (Phi) is 5.37. The molecule has 1 aliphatic rings. The van der Waals surface area contributed by atoms with Gasteiger partial charge in [-0.1, -0.05) is 36.4 Å². The van der Waals surface area contributed by atoms with Gasteiger partial charge in [-0.25, -0.2) is 4.98 Å². The first-order chi connectivity index (χ1) is 15.6. The summed E-state index contributed by atoms with van der Waals surface area (Å²) < 4.78 is 7.50. The molecule has 5 rings (SSSR count). The molecule has 1 saturated carbocycles. The van der Waals surface area contributed by atoms with Gasteiger partial charge in [-0.05, 0) is 54.2 Å². The molecule has 3 N–H and O–H groups in total. The Balaban J connectivity index is 1.43. The topological polar surface area (TPSA) is 82.2 Å². The smallest absolute Gasteiger partial charge is 0.257 e. The van der Waals surface area contributed by atoms with Gasteiger partial charge in [0.1, 0.15) is 5.65 Å². The minimum atomic E-state index is -0.228. The van der Waals surface area contributed by atoms with Gasteiger partial charge in [0.25, 0.3) is 5.91 Å². The van der Waals surface area contributed by atoms with Crippen LogP contribution in [-0.4, -0.2) is 29.2 Å². The molecule has 1 aliphatic carbocycles. The van der Waals surface area contributed by atoms with Crippen molar-refractivity contribution in [2.45, 2.75) is 25.3 Å². The Hall–Kier alpha value is -3.64. The number of aromatic nitrogens is 2. The van der Waals surface area contributed by atoms with Crippen LogP contribution in [0.4, 0.5) is 11.4 Å². The number of nitrogens with two attached hydrogens (primary N) is 1. The molecule has 2 aromatic carbocycles. The lowest BCUT2D eigenvalue weighted by molar-refractivity contribution is 0.102. The molecule has 2 heterocycles. The van der Waals surface area contributed by atoms with Gasteiger partial charge in [-0.15, -0.1) is 0 Å². The van der Waals surface area contributed by atoms with Crippen molar-refractivity contribution in [1.29, 1.82) is 0 Å². The fraction of sp³-hybridized carbons (Fsp3) is 0.231. The number of carbonyl (C=O) groups excluding carboxylic acids is 1. The van der Waals surface area contributed by atoms with Crippen LogP contribution in [0.1, 0.15) is 34.8 Å². The van der Waals surface area contributed by atoms with E-state index in [0.29, 0.717) is 29.5 Å². The van der Waals surface area contributed by atoms with Crippen LogP contribution in [0.5, 0.6) is 0 Å². The first-order valence-electron chi connectivity index (χ1n) is 10.9. The normalized spacial score (nSPS) is 13.4. The summed E-state index contributed by atoms with van der Waals surface area (Å²) in [6.07, 6.45) is 4.04. The number of fused-ring (bicyclic) bond motifs is 1. The first kappa shape index (κ1) is 20.3. The lowest BCUT2D eigenvalue weighted by Crippen LogP contribution is -2.14. The Morgan fingerprint density at radius 1 is 1.12 bits per heavy atom. The van der Waals surface area contributed by atoms with Gasteiger partial charge in [-0.3, -0.25) is 4.79 Å². The first-order valence-corrected chi connectivity index (χ1v) is 10.9. The lowest BCUT2D eigenvalue weighted by atomic mass is 10.0. The third kappa shape index (κ3) is 3.97. The van der Waals surface area contributed by atoms with Crippen LogP contribution in [0.2, 0.25) is 0 Å². The van der Waals surface area contributed by atoms with E-state index in [4.69, 9.17) is 10.5 Å². The molecule has 0 aliphatic heterocycles. The minimum absolute atomic E-state index is 0.228. The molecule has 6 nitrogen and oxygen atoms in total. The molecule has 1 fully saturated rings. The molecule has 0 spiro atoms. The molecule has 2 aromatic heterocycles. The molecule has 1 amide bonds. The Bertz CT molecular complexity index is 1280. The number of amides is 1. The Morgan fingerprint density at radius 3 is 2.69 bits per heavy atom. The van der Waals surface area contributed by atoms with E-state index in [2.05, 4.69) is 20.9 Å². The number of nitrogens with one attached hydrogen (secondary N) is 1. The maximum absolute atomic E-state index is 13.0. The number of hydrogen-bond donors (Lipinski definition) is 2. The molecule has 0 atom stereocenters. The average Bonchev–Trinajstić information content (AvgIpc) is 3.60. The summed E-state index contributed by atoms with van der Waals surface area (Å²) in [5, 5.41) is 3.94. The number of benzene rings is 2. The number of pyridine rings is 1. The van der Waals surface area contributed by atoms with Crippen LogP contribution in [0, 0.1) is 0 Å². The van der Waals surface area contributed by atoms with Crippen LogP contribution in [-0.2, 0) is 11.3 Å². The van der Waals surface area contributed by atoms with Gasteiger partial charge in [-0.2, -0.15) is 0 Å². The number of methoxy groups -OCH3 is 1. The number of carbonyl (C=O) groups is 1. The zero-order chi connectivity index (χ0) is 22.1. The Morgan fingerprint density at radius 2 is 1.94 bits per heavy atom. The third-order valence-corrected chi connectivity index (χ3v) is 5.95. The van der Waals surface area contributed by atoms with E-state index >= 15 is 0 Å². The standard InChI is InChI=1S/C26H26N4O2/c1-32-12-11-30-24(18-7-8-18)15-20-13-21(16-28-25(20)30)26(31)29-23-14-19(9-10-22(23)27)17-5-3-2-4-6-17/h2-6,9-10,13-16,18H,7-8,11-12,27H2,1H3,(H,29,31). The molecule has 0 unspecified atom stereocenters. The summed E-state index contributed by atoms with van der Waals surface area (Å²) in [5.74, 6) is 0.354. The van der Waals surface area contributed by atoms with Crippen molar-refractivity contribution >= 4 is 28.3 Å². The van der Waals surface area contributed by atoms with Gasteiger partial charge in [0.15, 0.2) is 0 Å². The van der Waals surface area contributed by atoms with Gasteiger partial charge in [0.05, 0.1) is 23.5 Å². The molecular formula is C26H26N4O2. The van der Waals surface area contributed by atoms with Crippen molar-refractivity contribution in [3.63, 3.8) is 0 Å². The van der Waals surface area contributed by atoms with Crippen molar-refractivity contribution in [1.82, 2.24) is 9.55 Å². The number of ether oxygens (including phenoxy) is 1. The predicted octanol–water partition coefficient (Wildman–Crippen LogP) is 5.06. The molecule has 6 heteroatoms. The second kappa shape index (κ2) is 8.48. The summed E-state index contributed by atoms with van der Waals surface area (Å²) in [6, 6.07) is 19.7. The van der Waals surface area contributed by atoms with E-state index in [1.54, 1.807) is 13.3 Å². The number of hydrogen-bond acceptors (Lipinski definition) is 4. The fourth-order valence-corrected chi connectivity index (χ4v) is 4.09. The number of nitrogen functional groups attached to an aromatic ring is 1. The van der Waals surface area contributed by atoms with Crippen molar-refractivity contribution in [2.75, 3.05) is 24.8 Å². The third-order valence-electron chi connectivity index (χ3n) is 5.95. The fourth-order valence-electron chi connectivity index (χ4n) is 4.09. The van der Waals surface area contributed by atoms with Crippen LogP contribution < -0.4 is 11.1 Å². The van der Waals surface area contributed by atoms with Crippen molar-refractivity contribution in [3.8, 4) is 11.1 Å². The predicted molar refractivity (Wildman–Crippen MR) is 128 cm³/mol. The molecule has 0 bridgehead atoms. The van der Waals surface area contributed by atoms with Crippen LogP contribution in [0.3, 0.4) is 0 Å². The highest BCUT2D eigenvalue weighted by atomic mass is 16.5. The summed E-state index contributed by atoms with van der Waals surface area (Å²) in [6.45, 7) is 1.39. The average molecular weight is 427 g/mol. The van der Waals surface area contributed by atoms with E-state index in [1.807, 2.05) is 54.6 Å². The summed E-state index contributed by atoms with van der Waals surface area (Å²) >= 11 is 0. The number of anilines is 2. The molecule has 0 radical (unpaired) electrons. The number of nitrogens with zero attached hydrogens (tertiary/aromatic N) is 2. The van der Waals surface area contributed by atoms with E-state index < -0.39 is 0 Å².